The highest BCUT2D eigenvalue weighted by Crippen LogP contribution is 2.12. The number of nitrogens with one attached hydrogen (secondary N) is 3. The fourth-order valence-corrected chi connectivity index (χ4v) is 3.36. The number of benzene rings is 1. The molecule has 1 aliphatic heterocycles. The highest BCUT2D eigenvalue weighted by atomic mass is 32.2. The maximum absolute atomic E-state index is 12.1. The molecule has 128 valence electrons. The highest BCUT2D eigenvalue weighted by molar-refractivity contribution is 7.89. The van der Waals surface area contributed by atoms with Crippen molar-refractivity contribution in [3.05, 3.63) is 29.8 Å². The van der Waals surface area contributed by atoms with Crippen LogP contribution in [-0.4, -0.2) is 39.4 Å². The first-order valence-electron chi connectivity index (χ1n) is 7.53. The molecule has 0 radical (unpaired) electrons. The summed E-state index contributed by atoms with van der Waals surface area (Å²) >= 11 is 0. The van der Waals surface area contributed by atoms with E-state index in [1.165, 1.54) is 24.3 Å². The molecule has 1 atom stereocenters. The van der Waals surface area contributed by atoms with E-state index in [1.807, 2.05) is 0 Å². The number of carbonyl (C=O) groups is 2. The van der Waals surface area contributed by atoms with E-state index in [0.29, 0.717) is 19.4 Å². The molecule has 1 aliphatic rings. The summed E-state index contributed by atoms with van der Waals surface area (Å²) in [5.74, 6) is 1.85. The molecule has 3 N–H and O–H groups in total. The largest absolute Gasteiger partial charge is 0.353 e. The molecule has 1 aromatic carbocycles. The Morgan fingerprint density at radius 1 is 1.42 bits per heavy atom. The van der Waals surface area contributed by atoms with Crippen LogP contribution >= 0.6 is 0 Å². The zero-order valence-electron chi connectivity index (χ0n) is 13.0. The van der Waals surface area contributed by atoms with Crippen LogP contribution in [0.25, 0.3) is 0 Å². The summed E-state index contributed by atoms with van der Waals surface area (Å²) in [6.45, 7) is 0.280. The first-order chi connectivity index (χ1) is 11.4. The summed E-state index contributed by atoms with van der Waals surface area (Å²) in [4.78, 5) is 23.2. The van der Waals surface area contributed by atoms with Crippen LogP contribution in [0.5, 0.6) is 0 Å². The van der Waals surface area contributed by atoms with E-state index in [-0.39, 0.29) is 34.9 Å². The average molecular weight is 349 g/mol. The van der Waals surface area contributed by atoms with Gasteiger partial charge >= 0.3 is 0 Å². The highest BCUT2D eigenvalue weighted by Gasteiger charge is 2.20. The Bertz CT molecular complexity index is 768. The van der Waals surface area contributed by atoms with Crippen molar-refractivity contribution in [2.24, 2.45) is 0 Å². The van der Waals surface area contributed by atoms with Gasteiger partial charge in [0.2, 0.25) is 15.9 Å². The number of amides is 2. The molecular weight excluding hydrogens is 330 g/mol. The first-order valence-corrected chi connectivity index (χ1v) is 9.01. The maximum atomic E-state index is 12.1. The summed E-state index contributed by atoms with van der Waals surface area (Å²) in [6, 6.07) is 5.80. The second-order valence-electron chi connectivity index (χ2n) is 5.40. The lowest BCUT2D eigenvalue weighted by Gasteiger charge is -2.11. The monoisotopic (exact) mass is 349 g/mol. The summed E-state index contributed by atoms with van der Waals surface area (Å²) in [6.07, 6.45) is 6.96. The van der Waals surface area contributed by atoms with Gasteiger partial charge in [0.25, 0.3) is 5.91 Å². The van der Waals surface area contributed by atoms with Crippen LogP contribution in [0, 0.1) is 12.3 Å². The molecule has 2 rings (SSSR count). The molecule has 1 unspecified atom stereocenters. The van der Waals surface area contributed by atoms with Gasteiger partial charge in [-0.05, 0) is 31.0 Å². The molecule has 1 aromatic rings. The van der Waals surface area contributed by atoms with Gasteiger partial charge < -0.3 is 10.6 Å². The first kappa shape index (κ1) is 18.0. The Hall–Kier alpha value is -2.37. The quantitative estimate of drug-likeness (QED) is 0.603. The van der Waals surface area contributed by atoms with Crippen molar-refractivity contribution in [3.63, 3.8) is 0 Å². The molecule has 1 saturated heterocycles. The van der Waals surface area contributed by atoms with Gasteiger partial charge in [-0.2, -0.15) is 4.72 Å². The topological polar surface area (TPSA) is 104 Å². The molecule has 0 aliphatic carbocycles. The van der Waals surface area contributed by atoms with E-state index in [2.05, 4.69) is 21.3 Å². The third-order valence-electron chi connectivity index (χ3n) is 3.63. The number of hydrogen-bond donors (Lipinski definition) is 3. The van der Waals surface area contributed by atoms with Gasteiger partial charge in [0, 0.05) is 24.6 Å². The maximum Gasteiger partial charge on any atom is 0.251 e. The molecule has 2 amide bonds. The van der Waals surface area contributed by atoms with Gasteiger partial charge in [0.05, 0.1) is 11.4 Å². The van der Waals surface area contributed by atoms with Crippen molar-refractivity contribution in [1.29, 1.82) is 0 Å². The van der Waals surface area contributed by atoms with Gasteiger partial charge in [-0.1, -0.05) is 12.0 Å². The van der Waals surface area contributed by atoms with E-state index < -0.39 is 10.0 Å². The normalized spacial score (nSPS) is 17.1. The second kappa shape index (κ2) is 7.95. The van der Waals surface area contributed by atoms with Crippen molar-refractivity contribution in [3.8, 4) is 12.3 Å². The minimum atomic E-state index is -3.74. The summed E-state index contributed by atoms with van der Waals surface area (Å²) in [5.41, 5.74) is 0.244. The van der Waals surface area contributed by atoms with Crippen molar-refractivity contribution in [2.45, 2.75) is 30.2 Å². The molecule has 0 spiro atoms. The van der Waals surface area contributed by atoms with Gasteiger partial charge in [-0.25, -0.2) is 8.42 Å². The lowest BCUT2D eigenvalue weighted by Crippen LogP contribution is -2.32. The molecular formula is C16H19N3O4S. The van der Waals surface area contributed by atoms with E-state index in [9.17, 15) is 18.0 Å². The third-order valence-corrected chi connectivity index (χ3v) is 5.03. The number of terminal acetylenes is 1. The van der Waals surface area contributed by atoms with Gasteiger partial charge in [-0.3, -0.25) is 9.59 Å². The van der Waals surface area contributed by atoms with Gasteiger partial charge in [0.15, 0.2) is 0 Å². The SMILES string of the molecule is C#CCNS(=O)(=O)c1cccc(C(=O)NCCC2CCC(=O)N2)c1. The molecule has 1 heterocycles. The molecule has 1 fully saturated rings. The predicted molar refractivity (Wildman–Crippen MR) is 88.6 cm³/mol. The Morgan fingerprint density at radius 3 is 2.88 bits per heavy atom. The molecule has 0 bridgehead atoms. The van der Waals surface area contributed by atoms with Crippen LogP contribution in [0.3, 0.4) is 0 Å². The lowest BCUT2D eigenvalue weighted by molar-refractivity contribution is -0.119. The summed E-state index contributed by atoms with van der Waals surface area (Å²) in [5, 5.41) is 5.55. The van der Waals surface area contributed by atoms with Crippen LogP contribution in [0.2, 0.25) is 0 Å². The number of sulfonamides is 1. The smallest absolute Gasteiger partial charge is 0.251 e. The van der Waals surface area contributed by atoms with E-state index >= 15 is 0 Å². The standard InChI is InChI=1S/C16H19N3O4S/c1-2-9-18-24(22,23)14-5-3-4-12(11-14)16(21)17-10-8-13-6-7-15(20)19-13/h1,3-5,11,13,18H,6-10H2,(H,17,21)(H,19,20). The molecule has 0 saturated carbocycles. The molecule has 24 heavy (non-hydrogen) atoms. The average Bonchev–Trinajstić information content (AvgIpc) is 2.98. The Balaban J connectivity index is 1.94. The lowest BCUT2D eigenvalue weighted by atomic mass is 10.1. The molecule has 8 heteroatoms. The van der Waals surface area contributed by atoms with E-state index in [4.69, 9.17) is 6.42 Å². The van der Waals surface area contributed by atoms with Gasteiger partial charge in [-0.15, -0.1) is 6.42 Å². The number of hydrogen-bond acceptors (Lipinski definition) is 4. The van der Waals surface area contributed by atoms with E-state index in [0.717, 1.165) is 6.42 Å². The van der Waals surface area contributed by atoms with Crippen LogP contribution in [-0.2, 0) is 14.8 Å². The minimum Gasteiger partial charge on any atom is -0.353 e. The predicted octanol–water partition coefficient (Wildman–Crippen LogP) is -0.00340. The van der Waals surface area contributed by atoms with Crippen LogP contribution in [0.4, 0.5) is 0 Å². The van der Waals surface area contributed by atoms with Crippen LogP contribution < -0.4 is 15.4 Å². The van der Waals surface area contributed by atoms with Crippen molar-refractivity contribution < 1.29 is 18.0 Å². The Kier molecular flexibility index (Phi) is 5.95. The molecule has 7 nitrogen and oxygen atoms in total. The Morgan fingerprint density at radius 2 is 2.21 bits per heavy atom. The Labute approximate surface area is 141 Å². The fourth-order valence-electron chi connectivity index (χ4n) is 2.38. The van der Waals surface area contributed by atoms with Crippen molar-refractivity contribution in [1.82, 2.24) is 15.4 Å². The molecule has 0 aromatic heterocycles. The summed E-state index contributed by atoms with van der Waals surface area (Å²) < 4.78 is 26.3. The van der Waals surface area contributed by atoms with Crippen molar-refractivity contribution in [2.75, 3.05) is 13.1 Å². The summed E-state index contributed by atoms with van der Waals surface area (Å²) in [7, 11) is -3.74. The second-order valence-corrected chi connectivity index (χ2v) is 7.17. The van der Waals surface area contributed by atoms with Gasteiger partial charge in [0.1, 0.15) is 0 Å². The van der Waals surface area contributed by atoms with Crippen LogP contribution in [0.15, 0.2) is 29.2 Å². The zero-order chi connectivity index (χ0) is 17.6. The fraction of sp³-hybridized carbons (Fsp3) is 0.375. The number of carbonyl (C=O) groups excluding carboxylic acids is 2. The minimum absolute atomic E-state index is 0.0199. The zero-order valence-corrected chi connectivity index (χ0v) is 13.9. The van der Waals surface area contributed by atoms with Crippen molar-refractivity contribution >= 4 is 21.8 Å². The number of rotatable bonds is 7. The third kappa shape index (κ3) is 4.81. The van der Waals surface area contributed by atoms with E-state index in [1.54, 1.807) is 0 Å². The van der Waals surface area contributed by atoms with Crippen LogP contribution in [0.1, 0.15) is 29.6 Å².